The molecule has 2 N–H and O–H groups in total. The molecule has 0 saturated carbocycles. The van der Waals surface area contributed by atoms with Crippen LogP contribution in [0.4, 0.5) is 19.1 Å². The summed E-state index contributed by atoms with van der Waals surface area (Å²) in [5, 5.41) is 11.8. The second kappa shape index (κ2) is 6.94. The van der Waals surface area contributed by atoms with Gasteiger partial charge in [0, 0.05) is 6.54 Å². The van der Waals surface area contributed by atoms with Crippen LogP contribution < -0.4 is 5.32 Å². The van der Waals surface area contributed by atoms with Crippen LogP contribution in [0.5, 0.6) is 0 Å². The molecule has 0 aliphatic rings. The molecule has 0 aliphatic heterocycles. The maximum absolute atomic E-state index is 13.1. The van der Waals surface area contributed by atoms with E-state index in [1.807, 2.05) is 0 Å². The number of nitrogens with one attached hydrogen (secondary N) is 1. The second-order valence-electron chi connectivity index (χ2n) is 5.27. The van der Waals surface area contributed by atoms with Gasteiger partial charge in [-0.05, 0) is 29.3 Å². The Morgan fingerprint density at radius 2 is 1.76 bits per heavy atom. The number of aliphatic hydroxyl groups excluding tert-OH is 1. The highest BCUT2D eigenvalue weighted by molar-refractivity contribution is 5.54. The Kier molecular flexibility index (Phi) is 4.71. The summed E-state index contributed by atoms with van der Waals surface area (Å²) >= 11 is 0. The summed E-state index contributed by atoms with van der Waals surface area (Å²) in [6.45, 7) is 0.168. The van der Waals surface area contributed by atoms with Gasteiger partial charge in [0.15, 0.2) is 11.5 Å². The zero-order chi connectivity index (χ0) is 17.9. The summed E-state index contributed by atoms with van der Waals surface area (Å²) in [6, 6.07) is 10.9. The van der Waals surface area contributed by atoms with Crippen molar-refractivity contribution in [1.82, 2.24) is 9.97 Å². The van der Waals surface area contributed by atoms with E-state index in [2.05, 4.69) is 15.3 Å². The van der Waals surface area contributed by atoms with E-state index >= 15 is 0 Å². The number of furan rings is 1. The summed E-state index contributed by atoms with van der Waals surface area (Å²) in [5.74, 6) is 0.0794. The van der Waals surface area contributed by atoms with E-state index in [1.165, 1.54) is 12.3 Å². The molecule has 3 rings (SSSR count). The highest BCUT2D eigenvalue weighted by Gasteiger charge is 2.34. The van der Waals surface area contributed by atoms with Crippen molar-refractivity contribution >= 4 is 5.95 Å². The summed E-state index contributed by atoms with van der Waals surface area (Å²) in [4.78, 5) is 7.62. The monoisotopic (exact) mass is 349 g/mol. The number of aromatic nitrogens is 2. The third kappa shape index (κ3) is 4.16. The molecule has 8 heteroatoms. The molecule has 2 heterocycles. The number of hydrogen-bond acceptors (Lipinski definition) is 5. The molecule has 5 nitrogen and oxygen atoms in total. The van der Waals surface area contributed by atoms with Gasteiger partial charge in [0.05, 0.1) is 12.9 Å². The lowest BCUT2D eigenvalue weighted by molar-refractivity contribution is -0.141. The van der Waals surface area contributed by atoms with Crippen LogP contribution in [-0.2, 0) is 19.3 Å². The van der Waals surface area contributed by atoms with Gasteiger partial charge in [0.25, 0.3) is 0 Å². The highest BCUT2D eigenvalue weighted by atomic mass is 19.4. The van der Waals surface area contributed by atoms with E-state index in [0.29, 0.717) is 0 Å². The largest absolute Gasteiger partial charge is 0.463 e. The maximum Gasteiger partial charge on any atom is 0.433 e. The lowest BCUT2D eigenvalue weighted by Gasteiger charge is -2.11. The molecule has 3 aromatic rings. The molecule has 0 fully saturated rings. The molecule has 0 radical (unpaired) electrons. The number of anilines is 1. The number of hydrogen-bond donors (Lipinski definition) is 2. The van der Waals surface area contributed by atoms with Crippen molar-refractivity contribution in [2.45, 2.75) is 19.3 Å². The maximum atomic E-state index is 13.1. The van der Waals surface area contributed by atoms with E-state index in [0.717, 1.165) is 17.2 Å². The minimum absolute atomic E-state index is 0.0467. The fourth-order valence-corrected chi connectivity index (χ4v) is 2.17. The normalized spacial score (nSPS) is 11.5. The SMILES string of the molecule is OCc1ccc(CNc2nc(-c3ccco3)cc(C(F)(F)F)n2)cc1. The fourth-order valence-electron chi connectivity index (χ4n) is 2.17. The number of alkyl halides is 3. The van der Waals surface area contributed by atoms with Gasteiger partial charge >= 0.3 is 6.18 Å². The predicted octanol–water partition coefficient (Wildman–Crippen LogP) is 3.86. The van der Waals surface area contributed by atoms with Crippen LogP contribution in [-0.4, -0.2) is 15.1 Å². The Morgan fingerprint density at radius 1 is 1.04 bits per heavy atom. The quantitative estimate of drug-likeness (QED) is 0.732. The first kappa shape index (κ1) is 17.0. The van der Waals surface area contributed by atoms with E-state index in [9.17, 15) is 13.2 Å². The van der Waals surface area contributed by atoms with Crippen LogP contribution in [0.15, 0.2) is 53.1 Å². The Balaban J connectivity index is 1.85. The smallest absolute Gasteiger partial charge is 0.433 e. The number of rotatable bonds is 5. The zero-order valence-electron chi connectivity index (χ0n) is 12.9. The van der Waals surface area contributed by atoms with Crippen LogP contribution in [0.3, 0.4) is 0 Å². The van der Waals surface area contributed by atoms with Crippen molar-refractivity contribution in [3.63, 3.8) is 0 Å². The average Bonchev–Trinajstić information content (AvgIpc) is 3.14. The average molecular weight is 349 g/mol. The summed E-state index contributed by atoms with van der Waals surface area (Å²) in [5.41, 5.74) is 0.564. The van der Waals surface area contributed by atoms with E-state index in [-0.39, 0.29) is 30.6 Å². The van der Waals surface area contributed by atoms with Gasteiger partial charge in [-0.25, -0.2) is 9.97 Å². The summed E-state index contributed by atoms with van der Waals surface area (Å²) < 4.78 is 44.3. The molecule has 0 atom stereocenters. The van der Waals surface area contributed by atoms with Crippen LogP contribution >= 0.6 is 0 Å². The fraction of sp³-hybridized carbons (Fsp3) is 0.176. The first-order valence-corrected chi connectivity index (χ1v) is 7.38. The topological polar surface area (TPSA) is 71.2 Å². The van der Waals surface area contributed by atoms with Crippen molar-refractivity contribution in [2.75, 3.05) is 5.32 Å². The van der Waals surface area contributed by atoms with Gasteiger partial charge in [0.2, 0.25) is 5.95 Å². The summed E-state index contributed by atoms with van der Waals surface area (Å²) in [6.07, 6.45) is -3.23. The third-order valence-electron chi connectivity index (χ3n) is 3.45. The third-order valence-corrected chi connectivity index (χ3v) is 3.45. The van der Waals surface area contributed by atoms with Crippen molar-refractivity contribution in [1.29, 1.82) is 0 Å². The molecule has 0 bridgehead atoms. The van der Waals surface area contributed by atoms with Gasteiger partial charge < -0.3 is 14.8 Å². The Labute approximate surface area is 141 Å². The van der Waals surface area contributed by atoms with Crippen molar-refractivity contribution < 1.29 is 22.7 Å². The minimum Gasteiger partial charge on any atom is -0.463 e. The highest BCUT2D eigenvalue weighted by Crippen LogP contribution is 2.31. The molecular formula is C17H14F3N3O2. The first-order valence-electron chi connectivity index (χ1n) is 7.38. The van der Waals surface area contributed by atoms with Crippen LogP contribution in [0.1, 0.15) is 16.8 Å². The number of halogens is 3. The number of benzene rings is 1. The van der Waals surface area contributed by atoms with Gasteiger partial charge in [-0.2, -0.15) is 13.2 Å². The standard InChI is InChI=1S/C17H14F3N3O2/c18-17(19,20)15-8-13(14-2-1-7-25-14)22-16(23-15)21-9-11-3-5-12(10-24)6-4-11/h1-8,24H,9-10H2,(H,21,22,23). The van der Waals surface area contributed by atoms with Crippen molar-refractivity contribution in [2.24, 2.45) is 0 Å². The molecule has 1 aromatic carbocycles. The molecule has 0 saturated heterocycles. The molecule has 0 spiro atoms. The Morgan fingerprint density at radius 3 is 2.36 bits per heavy atom. The second-order valence-corrected chi connectivity index (χ2v) is 5.27. The van der Waals surface area contributed by atoms with E-state index in [4.69, 9.17) is 9.52 Å². The molecule has 2 aromatic heterocycles. The van der Waals surface area contributed by atoms with Crippen LogP contribution in [0.25, 0.3) is 11.5 Å². The lowest BCUT2D eigenvalue weighted by atomic mass is 10.1. The number of aliphatic hydroxyl groups is 1. The van der Waals surface area contributed by atoms with Gasteiger partial charge in [-0.1, -0.05) is 24.3 Å². The van der Waals surface area contributed by atoms with Crippen molar-refractivity contribution in [3.05, 3.63) is 65.5 Å². The van der Waals surface area contributed by atoms with E-state index < -0.39 is 11.9 Å². The van der Waals surface area contributed by atoms with Crippen LogP contribution in [0.2, 0.25) is 0 Å². The van der Waals surface area contributed by atoms with Gasteiger partial charge in [-0.3, -0.25) is 0 Å². The molecule has 0 unspecified atom stereocenters. The molecule has 0 aliphatic carbocycles. The van der Waals surface area contributed by atoms with Gasteiger partial charge in [0.1, 0.15) is 5.69 Å². The van der Waals surface area contributed by atoms with Crippen LogP contribution in [0, 0.1) is 0 Å². The lowest BCUT2D eigenvalue weighted by Crippen LogP contribution is -2.12. The zero-order valence-corrected chi connectivity index (χ0v) is 12.9. The Hall–Kier alpha value is -2.87. The predicted molar refractivity (Wildman–Crippen MR) is 84.4 cm³/mol. The molecule has 0 amide bonds. The number of nitrogens with zero attached hydrogens (tertiary/aromatic N) is 2. The minimum atomic E-state index is -4.59. The summed E-state index contributed by atoms with van der Waals surface area (Å²) in [7, 11) is 0. The molecular weight excluding hydrogens is 335 g/mol. The van der Waals surface area contributed by atoms with Gasteiger partial charge in [-0.15, -0.1) is 0 Å². The Bertz CT molecular complexity index is 831. The molecule has 130 valence electrons. The van der Waals surface area contributed by atoms with E-state index in [1.54, 1.807) is 30.3 Å². The first-order chi connectivity index (χ1) is 12.0. The van der Waals surface area contributed by atoms with Crippen molar-refractivity contribution in [3.8, 4) is 11.5 Å². The molecule has 25 heavy (non-hydrogen) atoms.